The number of hydrogen-bond acceptors (Lipinski definition) is 8. The summed E-state index contributed by atoms with van der Waals surface area (Å²) in [4.78, 5) is 2.01. The van der Waals surface area contributed by atoms with Crippen LogP contribution in [0.4, 0.5) is 13.2 Å². The van der Waals surface area contributed by atoms with Crippen molar-refractivity contribution in [2.24, 2.45) is 16.1 Å². The Morgan fingerprint density at radius 1 is 1.23 bits per heavy atom. The number of para-hydroxylation sites is 1. The molecular formula is C19H20F3N5O2S. The van der Waals surface area contributed by atoms with Crippen LogP contribution in [0, 0.1) is 5.92 Å². The fourth-order valence-electron chi connectivity index (χ4n) is 3.53. The van der Waals surface area contributed by atoms with Gasteiger partial charge >= 0.3 is 6.18 Å². The first kappa shape index (κ1) is 20.7. The highest BCUT2D eigenvalue weighted by Crippen LogP contribution is 2.37. The number of aliphatic hydroxyl groups is 1. The zero-order valence-electron chi connectivity index (χ0n) is 16.1. The number of halogens is 3. The lowest BCUT2D eigenvalue weighted by atomic mass is 10.00. The number of amidine groups is 1. The van der Waals surface area contributed by atoms with E-state index >= 15 is 0 Å². The van der Waals surface area contributed by atoms with Crippen molar-refractivity contribution < 1.29 is 23.0 Å². The second-order valence-electron chi connectivity index (χ2n) is 7.23. The summed E-state index contributed by atoms with van der Waals surface area (Å²) in [5.41, 5.74) is -0.0392. The summed E-state index contributed by atoms with van der Waals surface area (Å²) < 4.78 is 45.3. The summed E-state index contributed by atoms with van der Waals surface area (Å²) in [5.74, 6) is 0.698. The molecule has 1 aromatic heterocycles. The average Bonchev–Trinajstić information content (AvgIpc) is 3.37. The van der Waals surface area contributed by atoms with Crippen molar-refractivity contribution in [1.82, 2.24) is 15.1 Å². The van der Waals surface area contributed by atoms with Crippen molar-refractivity contribution in [3.8, 4) is 5.75 Å². The van der Waals surface area contributed by atoms with Gasteiger partial charge in [-0.15, -0.1) is 15.3 Å². The smallest absolute Gasteiger partial charge is 0.419 e. The summed E-state index contributed by atoms with van der Waals surface area (Å²) in [7, 11) is 0. The number of benzene rings is 1. The Kier molecular flexibility index (Phi) is 5.74. The monoisotopic (exact) mass is 439 g/mol. The summed E-state index contributed by atoms with van der Waals surface area (Å²) in [6.07, 6.45) is -3.57. The van der Waals surface area contributed by atoms with Crippen LogP contribution in [0.25, 0.3) is 0 Å². The van der Waals surface area contributed by atoms with Gasteiger partial charge in [0.15, 0.2) is 5.01 Å². The maximum atomic E-state index is 13.2. The van der Waals surface area contributed by atoms with Gasteiger partial charge in [-0.2, -0.15) is 18.3 Å². The minimum atomic E-state index is -4.45. The molecule has 0 amide bonds. The Morgan fingerprint density at radius 2 is 2.03 bits per heavy atom. The predicted molar refractivity (Wildman–Crippen MR) is 106 cm³/mol. The van der Waals surface area contributed by atoms with Crippen molar-refractivity contribution in [3.63, 3.8) is 0 Å². The Labute approximate surface area is 174 Å². The van der Waals surface area contributed by atoms with E-state index in [-0.39, 0.29) is 24.4 Å². The van der Waals surface area contributed by atoms with Crippen LogP contribution in [0.3, 0.4) is 0 Å². The summed E-state index contributed by atoms with van der Waals surface area (Å²) >= 11 is 1.28. The fourth-order valence-corrected chi connectivity index (χ4v) is 4.33. The molecule has 30 heavy (non-hydrogen) atoms. The molecule has 7 nitrogen and oxygen atoms in total. The number of nitrogens with zero attached hydrogens (tertiary/aromatic N) is 5. The zero-order chi connectivity index (χ0) is 21.3. The van der Waals surface area contributed by atoms with Gasteiger partial charge in [-0.3, -0.25) is 0 Å². The van der Waals surface area contributed by atoms with E-state index in [4.69, 9.17) is 9.84 Å². The van der Waals surface area contributed by atoms with E-state index in [1.807, 2.05) is 11.8 Å². The lowest BCUT2D eigenvalue weighted by Gasteiger charge is -2.25. The van der Waals surface area contributed by atoms with Crippen LogP contribution in [-0.4, -0.2) is 50.9 Å². The zero-order valence-corrected chi connectivity index (χ0v) is 16.9. The normalized spacial score (nSPS) is 22.1. The van der Waals surface area contributed by atoms with E-state index in [0.717, 1.165) is 17.6 Å². The van der Waals surface area contributed by atoms with Gasteiger partial charge in [-0.25, -0.2) is 0 Å². The molecule has 11 heteroatoms. The number of rotatable bonds is 4. The van der Waals surface area contributed by atoms with Gasteiger partial charge in [-0.1, -0.05) is 30.4 Å². The number of hydrogen-bond donors (Lipinski definition) is 1. The Morgan fingerprint density at radius 3 is 2.73 bits per heavy atom. The number of likely N-dealkylation sites (tertiary alicyclic amines) is 1. The first-order valence-electron chi connectivity index (χ1n) is 9.51. The van der Waals surface area contributed by atoms with Gasteiger partial charge in [0.2, 0.25) is 0 Å². The van der Waals surface area contributed by atoms with E-state index < -0.39 is 11.7 Å². The van der Waals surface area contributed by atoms with E-state index in [1.54, 1.807) is 0 Å². The molecule has 2 atom stereocenters. The molecule has 0 radical (unpaired) electrons. The van der Waals surface area contributed by atoms with Crippen molar-refractivity contribution in [3.05, 3.63) is 39.8 Å². The molecule has 1 saturated heterocycles. The fraction of sp³-hybridized carbons (Fsp3) is 0.474. The Hall–Kier alpha value is -2.53. The van der Waals surface area contributed by atoms with Crippen LogP contribution in [0.1, 0.15) is 35.3 Å². The van der Waals surface area contributed by atoms with Crippen molar-refractivity contribution in [1.29, 1.82) is 0 Å². The van der Waals surface area contributed by atoms with Gasteiger partial charge in [-0.05, 0) is 12.1 Å². The van der Waals surface area contributed by atoms with Crippen LogP contribution in [0.15, 0.2) is 34.5 Å². The molecule has 0 bridgehead atoms. The van der Waals surface area contributed by atoms with Gasteiger partial charge in [0, 0.05) is 25.3 Å². The van der Waals surface area contributed by atoms with Gasteiger partial charge in [0.1, 0.15) is 28.4 Å². The SMILES string of the molecule is C[C@H]1CC(N2CC[C@H](Oc3ccccc3C(F)(F)F)C2)=NN=C1c1nnc(CO)s1. The average molecular weight is 439 g/mol. The highest BCUT2D eigenvalue weighted by Gasteiger charge is 2.36. The number of aromatic nitrogens is 2. The van der Waals surface area contributed by atoms with E-state index in [1.165, 1.54) is 29.5 Å². The van der Waals surface area contributed by atoms with Gasteiger partial charge in [0.05, 0.1) is 18.7 Å². The molecule has 0 aliphatic carbocycles. The van der Waals surface area contributed by atoms with Crippen molar-refractivity contribution >= 4 is 22.9 Å². The minimum Gasteiger partial charge on any atom is -0.488 e. The maximum Gasteiger partial charge on any atom is 0.419 e. The molecule has 1 aromatic carbocycles. The van der Waals surface area contributed by atoms with Gasteiger partial charge < -0.3 is 14.7 Å². The largest absolute Gasteiger partial charge is 0.488 e. The molecule has 0 spiro atoms. The van der Waals surface area contributed by atoms with E-state index in [2.05, 4.69) is 20.4 Å². The standard InChI is InChI=1S/C19H20F3N5O2S/c1-11-8-15(23-25-17(11)18-26-24-16(10-28)30-18)27-7-6-12(9-27)29-14-5-3-2-4-13(14)19(20,21)22/h2-5,11-12,28H,6-10H2,1H3/t11-,12-/m0/s1. The van der Waals surface area contributed by atoms with E-state index in [0.29, 0.717) is 35.9 Å². The van der Waals surface area contributed by atoms with E-state index in [9.17, 15) is 13.2 Å². The first-order valence-corrected chi connectivity index (χ1v) is 10.3. The molecule has 1 fully saturated rings. The molecule has 160 valence electrons. The minimum absolute atomic E-state index is 0.0583. The molecule has 1 N–H and O–H groups in total. The predicted octanol–water partition coefficient (Wildman–Crippen LogP) is 3.34. The van der Waals surface area contributed by atoms with Crippen LogP contribution >= 0.6 is 11.3 Å². The van der Waals surface area contributed by atoms with Crippen LogP contribution in [0.5, 0.6) is 5.75 Å². The molecule has 0 saturated carbocycles. The quantitative estimate of drug-likeness (QED) is 0.790. The third-order valence-corrected chi connectivity index (χ3v) is 5.98. The maximum absolute atomic E-state index is 13.2. The van der Waals surface area contributed by atoms with Crippen molar-refractivity contribution in [2.45, 2.75) is 38.7 Å². The number of aliphatic hydroxyl groups excluding tert-OH is 1. The molecule has 0 unspecified atom stereocenters. The second kappa shape index (κ2) is 8.31. The summed E-state index contributed by atoms with van der Waals surface area (Å²) in [5, 5.41) is 26.9. The van der Waals surface area contributed by atoms with Crippen LogP contribution in [-0.2, 0) is 12.8 Å². The highest BCUT2D eigenvalue weighted by atomic mass is 32.1. The molecule has 3 heterocycles. The second-order valence-corrected chi connectivity index (χ2v) is 8.30. The lowest BCUT2D eigenvalue weighted by molar-refractivity contribution is -0.139. The number of ether oxygens (including phenoxy) is 1. The topological polar surface area (TPSA) is 83.2 Å². The summed E-state index contributed by atoms with van der Waals surface area (Å²) in [6.45, 7) is 2.94. The molecule has 2 aromatic rings. The molecule has 2 aliphatic rings. The number of alkyl halides is 3. The third kappa shape index (κ3) is 4.31. The van der Waals surface area contributed by atoms with Crippen molar-refractivity contribution in [2.75, 3.05) is 13.1 Å². The molecular weight excluding hydrogens is 419 g/mol. The van der Waals surface area contributed by atoms with Gasteiger partial charge in [0.25, 0.3) is 0 Å². The molecule has 4 rings (SSSR count). The Bertz CT molecular complexity index is 975. The summed E-state index contributed by atoms with van der Waals surface area (Å²) in [6, 6.07) is 5.27. The molecule has 2 aliphatic heterocycles. The highest BCUT2D eigenvalue weighted by molar-refractivity contribution is 7.13. The van der Waals surface area contributed by atoms with Crippen LogP contribution < -0.4 is 4.74 Å². The third-order valence-electron chi connectivity index (χ3n) is 5.05. The lowest BCUT2D eigenvalue weighted by Crippen LogP contribution is -2.35. The Balaban J connectivity index is 1.44. The van der Waals surface area contributed by atoms with Crippen LogP contribution in [0.2, 0.25) is 0 Å². The first-order chi connectivity index (χ1) is 14.3.